The number of halogens is 4. The van der Waals surface area contributed by atoms with E-state index in [9.17, 15) is 19.2 Å². The fourth-order valence-corrected chi connectivity index (χ4v) is 12.6. The topological polar surface area (TPSA) is 166 Å². The number of amides is 4. The minimum Gasteiger partial charge on any atom is -0.493 e. The average Bonchev–Trinajstić information content (AvgIpc) is 0.838. The number of likely N-dealkylation sites (N-methyl/N-ethyl adjacent to an activating group) is 1. The van der Waals surface area contributed by atoms with E-state index in [0.717, 1.165) is 152 Å². The van der Waals surface area contributed by atoms with Crippen LogP contribution >= 0.6 is 46.4 Å². The van der Waals surface area contributed by atoms with Crippen molar-refractivity contribution in [3.8, 4) is 23.0 Å². The van der Waals surface area contributed by atoms with Crippen molar-refractivity contribution in [2.45, 2.75) is 115 Å². The molecule has 2 fully saturated rings. The number of piperidine rings is 1. The zero-order chi connectivity index (χ0) is 76.8. The summed E-state index contributed by atoms with van der Waals surface area (Å²) < 4.78 is 23.8. The number of hydrogen-bond donors (Lipinski definition) is 4. The van der Waals surface area contributed by atoms with E-state index in [4.69, 9.17) is 65.4 Å². The number of ether oxygens (including phenoxy) is 4. The Morgan fingerprint density at radius 3 is 1.00 bits per heavy atom. The van der Waals surface area contributed by atoms with Gasteiger partial charge in [0.1, 0.15) is 36.2 Å². The van der Waals surface area contributed by atoms with Crippen LogP contribution in [-0.2, 0) is 0 Å². The van der Waals surface area contributed by atoms with Gasteiger partial charge in [0.15, 0.2) is 0 Å². The molecule has 568 valence electrons. The zero-order valence-electron chi connectivity index (χ0n) is 64.1. The van der Waals surface area contributed by atoms with E-state index in [1.165, 1.54) is 19.3 Å². The van der Waals surface area contributed by atoms with Crippen molar-refractivity contribution in [2.75, 3.05) is 127 Å². The highest BCUT2D eigenvalue weighted by Crippen LogP contribution is 2.31. The number of piperazine rings is 1. The lowest BCUT2D eigenvalue weighted by atomic mass is 10.1. The van der Waals surface area contributed by atoms with Crippen LogP contribution in [0.5, 0.6) is 23.0 Å². The van der Waals surface area contributed by atoms with E-state index in [0.29, 0.717) is 97.7 Å². The molecule has 8 aromatic rings. The maximum Gasteiger partial charge on any atom is 0.259 e. The molecule has 0 aromatic heterocycles. The summed E-state index contributed by atoms with van der Waals surface area (Å²) in [5.74, 6) is 2.38. The quantitative estimate of drug-likeness (QED) is 0.0361. The number of carbonyl (C=O) groups excluding carboxylic acids is 4. The molecule has 0 spiro atoms. The van der Waals surface area contributed by atoms with Gasteiger partial charge >= 0.3 is 0 Å². The van der Waals surface area contributed by atoms with Gasteiger partial charge in [-0.3, -0.25) is 29.0 Å². The van der Waals surface area contributed by atoms with Gasteiger partial charge in [0.2, 0.25) is 0 Å². The van der Waals surface area contributed by atoms with Gasteiger partial charge in [-0.1, -0.05) is 129 Å². The second-order valence-corrected chi connectivity index (χ2v) is 29.1. The number of rotatable bonds is 27. The maximum absolute atomic E-state index is 12.9. The van der Waals surface area contributed by atoms with Crippen LogP contribution in [0.15, 0.2) is 146 Å². The molecule has 4 amide bonds. The molecular formula is C86H108Cl4N8O8. The van der Waals surface area contributed by atoms with Gasteiger partial charge in [0.05, 0.1) is 35.5 Å². The molecule has 2 saturated heterocycles. The number of anilines is 4. The summed E-state index contributed by atoms with van der Waals surface area (Å²) in [6.07, 6.45) is 5.72. The van der Waals surface area contributed by atoms with Gasteiger partial charge in [0, 0.05) is 88.7 Å². The smallest absolute Gasteiger partial charge is 0.259 e. The summed E-state index contributed by atoms with van der Waals surface area (Å²) in [5, 5.41) is 14.5. The van der Waals surface area contributed by atoms with Crippen LogP contribution in [0.4, 0.5) is 22.7 Å². The van der Waals surface area contributed by atoms with Crippen LogP contribution in [0.3, 0.4) is 0 Å². The molecule has 0 radical (unpaired) electrons. The second kappa shape index (κ2) is 43.6. The largest absolute Gasteiger partial charge is 0.493 e. The van der Waals surface area contributed by atoms with Gasteiger partial charge in [-0.2, -0.15) is 0 Å². The molecule has 106 heavy (non-hydrogen) atoms. The number of nitrogens with one attached hydrogen (secondary N) is 4. The summed E-state index contributed by atoms with van der Waals surface area (Å²) in [7, 11) is 2.15. The SMILES string of the molecule is CCN(CC)CCCOc1cccc(C)c1C(=O)Nc1ccc(Cl)c(C)c1.Cc1cc(NC(=O)c2c(C)cccc2OCCC(C)C)ccc1Cl.Cc1cc(NC(=O)c2c(C)cccc2OCCN2CCCCC2)ccc1Cl.Cc1cc(NC(=O)c2c(C)cccc2OCCN2CCN(C)CC2)ccc1Cl. The third kappa shape index (κ3) is 27.0. The number of benzene rings is 8. The van der Waals surface area contributed by atoms with Crippen LogP contribution in [0.1, 0.15) is 146 Å². The van der Waals surface area contributed by atoms with Crippen molar-refractivity contribution in [3.05, 3.63) is 232 Å². The van der Waals surface area contributed by atoms with Crippen molar-refractivity contribution < 1.29 is 38.1 Å². The van der Waals surface area contributed by atoms with Crippen molar-refractivity contribution in [3.63, 3.8) is 0 Å². The van der Waals surface area contributed by atoms with E-state index < -0.39 is 0 Å². The summed E-state index contributed by atoms with van der Waals surface area (Å²) in [4.78, 5) is 60.9. The van der Waals surface area contributed by atoms with E-state index >= 15 is 0 Å². The molecule has 10 rings (SSSR count). The van der Waals surface area contributed by atoms with E-state index in [-0.39, 0.29) is 23.6 Å². The van der Waals surface area contributed by atoms with Crippen molar-refractivity contribution in [1.29, 1.82) is 0 Å². The molecular weight excluding hydrogens is 1410 g/mol. The number of hydrogen-bond acceptors (Lipinski definition) is 12. The monoisotopic (exact) mass is 1520 g/mol. The van der Waals surface area contributed by atoms with Crippen molar-refractivity contribution in [1.82, 2.24) is 19.6 Å². The molecule has 0 atom stereocenters. The van der Waals surface area contributed by atoms with E-state index in [1.807, 2.05) is 159 Å². The number of aryl methyl sites for hydroxylation is 8. The van der Waals surface area contributed by atoms with Crippen LogP contribution < -0.4 is 40.2 Å². The van der Waals surface area contributed by atoms with Crippen LogP contribution in [0, 0.1) is 61.3 Å². The van der Waals surface area contributed by atoms with Crippen LogP contribution in [-0.4, -0.2) is 149 Å². The molecule has 4 N–H and O–H groups in total. The molecule has 0 bridgehead atoms. The average molecular weight is 1520 g/mol. The molecule has 0 saturated carbocycles. The molecule has 0 unspecified atom stereocenters. The predicted octanol–water partition coefficient (Wildman–Crippen LogP) is 19.9. The molecule has 16 nitrogen and oxygen atoms in total. The third-order valence-corrected chi connectivity index (χ3v) is 20.3. The van der Waals surface area contributed by atoms with Gasteiger partial charge in [-0.05, 0) is 262 Å². The van der Waals surface area contributed by atoms with Gasteiger partial charge in [0.25, 0.3) is 23.6 Å². The molecule has 20 heteroatoms. The first-order chi connectivity index (χ1) is 50.8. The Labute approximate surface area is 649 Å². The van der Waals surface area contributed by atoms with Crippen LogP contribution in [0.25, 0.3) is 0 Å². The Morgan fingerprint density at radius 1 is 0.396 bits per heavy atom. The molecule has 2 heterocycles. The Balaban J connectivity index is 0.000000198. The third-order valence-electron chi connectivity index (χ3n) is 18.6. The van der Waals surface area contributed by atoms with Gasteiger partial charge in [-0.25, -0.2) is 0 Å². The highest BCUT2D eigenvalue weighted by Gasteiger charge is 2.22. The lowest BCUT2D eigenvalue weighted by Crippen LogP contribution is -2.45. The Kier molecular flexibility index (Phi) is 35.0. The van der Waals surface area contributed by atoms with Gasteiger partial charge in [-0.15, -0.1) is 0 Å². The van der Waals surface area contributed by atoms with Crippen molar-refractivity contribution >= 4 is 92.8 Å². The predicted molar refractivity (Wildman–Crippen MR) is 439 cm³/mol. The fourth-order valence-electron chi connectivity index (χ4n) is 12.1. The molecule has 8 aromatic carbocycles. The lowest BCUT2D eigenvalue weighted by molar-refractivity contribution is 0.101. The molecule has 2 aliphatic heterocycles. The first-order valence-corrected chi connectivity index (χ1v) is 38.4. The molecule has 2 aliphatic rings. The van der Waals surface area contributed by atoms with Crippen LogP contribution in [0.2, 0.25) is 20.1 Å². The Bertz CT molecular complexity index is 4190. The number of carbonyl (C=O) groups is 4. The highest BCUT2D eigenvalue weighted by atomic mass is 35.5. The Hall–Kier alpha value is -8.16. The minimum absolute atomic E-state index is 0.164. The minimum atomic E-state index is -0.173. The summed E-state index contributed by atoms with van der Waals surface area (Å²) in [6.45, 7) is 37.7. The second-order valence-electron chi connectivity index (χ2n) is 27.5. The van der Waals surface area contributed by atoms with Gasteiger partial charge < -0.3 is 50.0 Å². The normalized spacial score (nSPS) is 13.0. The first kappa shape index (κ1) is 85.1. The lowest BCUT2D eigenvalue weighted by Gasteiger charge is -2.32. The zero-order valence-corrected chi connectivity index (χ0v) is 67.2. The molecule has 0 aliphatic carbocycles. The Morgan fingerprint density at radius 2 is 0.698 bits per heavy atom. The van der Waals surface area contributed by atoms with Crippen molar-refractivity contribution in [2.24, 2.45) is 5.92 Å². The highest BCUT2D eigenvalue weighted by molar-refractivity contribution is 6.32. The van der Waals surface area contributed by atoms with E-state index in [1.54, 1.807) is 42.5 Å². The van der Waals surface area contributed by atoms with E-state index in [2.05, 4.69) is 75.6 Å². The summed E-state index contributed by atoms with van der Waals surface area (Å²) in [5.41, 5.74) is 12.5. The fraction of sp³-hybridized carbons (Fsp3) is 0.395. The standard InChI is InChI=1S/C22H28ClN3O2.C22H27ClN2O2.C22H29ClN2O2.C20H24ClNO2/c1-16-5-4-6-20(28-14-13-26-11-9-25(3)10-12-26)21(16)22(27)24-18-7-8-19(23)17(2)15-18;1-16-7-6-8-20(27-14-13-25-11-4-3-5-12-25)21(16)22(26)24-18-9-10-19(23)17(2)15-18;1-5-25(6-2)13-8-14-27-20-10-7-9-16(3)21(20)22(26)24-18-11-12-19(23)17(4)15-18;1-13(2)10-11-24-18-7-5-6-14(3)19(18)20(23)22-16-8-9-17(21)15(4)12-16/h4-8,15H,9-14H2,1-3H3,(H,24,27);6-10,15H,3-5,11-14H2,1-2H3,(H,24,26);7,9-12,15H,5-6,8,13-14H2,1-4H3,(H,24,26);5-9,12-13H,10-11H2,1-4H3,(H,22,23). The first-order valence-electron chi connectivity index (χ1n) is 36.9. The number of nitrogens with zero attached hydrogens (tertiary/aromatic N) is 4. The summed E-state index contributed by atoms with van der Waals surface area (Å²) >= 11 is 24.2. The maximum atomic E-state index is 12.9. The summed E-state index contributed by atoms with van der Waals surface area (Å²) in [6, 6.07) is 44.6. The number of likely N-dealkylation sites (tertiary alicyclic amines) is 1.